The van der Waals surface area contributed by atoms with E-state index in [1.807, 2.05) is 0 Å². The second-order valence-electron chi connectivity index (χ2n) is 6.12. The van der Waals surface area contributed by atoms with Gasteiger partial charge < -0.3 is 10.1 Å². The Kier molecular flexibility index (Phi) is 6.65. The van der Waals surface area contributed by atoms with Crippen LogP contribution in [0.2, 0.25) is 0 Å². The van der Waals surface area contributed by atoms with Gasteiger partial charge in [0.25, 0.3) is 0 Å². The van der Waals surface area contributed by atoms with Gasteiger partial charge in [0.15, 0.2) is 0 Å². The molecular formula is C16H33NO. The Bertz CT molecular complexity index is 227. The molecule has 4 atom stereocenters. The summed E-state index contributed by atoms with van der Waals surface area (Å²) in [5, 5.41) is 3.72. The number of hydrogen-bond acceptors (Lipinski definition) is 2. The third kappa shape index (κ3) is 3.71. The molecule has 2 nitrogen and oxygen atoms in total. The highest BCUT2D eigenvalue weighted by atomic mass is 16.5. The van der Waals surface area contributed by atoms with Gasteiger partial charge in [0.2, 0.25) is 0 Å². The van der Waals surface area contributed by atoms with E-state index in [0.29, 0.717) is 12.0 Å². The molecule has 1 fully saturated rings. The molecule has 1 rings (SSSR count). The van der Waals surface area contributed by atoms with Crippen molar-refractivity contribution in [2.24, 2.45) is 11.8 Å². The molecule has 0 saturated heterocycles. The molecule has 0 heterocycles. The first-order chi connectivity index (χ1) is 8.59. The smallest absolute Gasteiger partial charge is 0.0839 e. The lowest BCUT2D eigenvalue weighted by Gasteiger charge is -2.47. The highest BCUT2D eigenvalue weighted by Gasteiger charge is 2.44. The Morgan fingerprint density at radius 3 is 2.56 bits per heavy atom. The molecular weight excluding hydrogens is 222 g/mol. The second-order valence-corrected chi connectivity index (χ2v) is 6.12. The van der Waals surface area contributed by atoms with Crippen LogP contribution in [0.5, 0.6) is 0 Å². The van der Waals surface area contributed by atoms with Crippen LogP contribution in [0.1, 0.15) is 66.7 Å². The predicted molar refractivity (Wildman–Crippen MR) is 78.9 cm³/mol. The van der Waals surface area contributed by atoms with Gasteiger partial charge in [-0.05, 0) is 38.1 Å². The zero-order valence-corrected chi connectivity index (χ0v) is 13.1. The third-order valence-corrected chi connectivity index (χ3v) is 4.63. The summed E-state index contributed by atoms with van der Waals surface area (Å²) >= 11 is 0. The summed E-state index contributed by atoms with van der Waals surface area (Å²) in [6.07, 6.45) is 6.37. The van der Waals surface area contributed by atoms with Crippen LogP contribution in [0.3, 0.4) is 0 Å². The lowest BCUT2D eigenvalue weighted by Crippen LogP contribution is -2.57. The summed E-state index contributed by atoms with van der Waals surface area (Å²) in [6.45, 7) is 13.3. The molecule has 0 radical (unpaired) electrons. The average Bonchev–Trinajstić information content (AvgIpc) is 2.35. The predicted octanol–water partition coefficient (Wildman–Crippen LogP) is 4.00. The lowest BCUT2D eigenvalue weighted by atomic mass is 9.71. The molecule has 1 aliphatic rings. The average molecular weight is 255 g/mol. The van der Waals surface area contributed by atoms with E-state index in [4.69, 9.17) is 4.74 Å². The standard InChI is InChI=1S/C16H33NO/c1-6-14(5)15(17-7-2)16(18-8-3)11-9-10-13(4)12-16/h13-15,17H,6-12H2,1-5H3. The third-order valence-electron chi connectivity index (χ3n) is 4.63. The maximum atomic E-state index is 6.32. The van der Waals surface area contributed by atoms with Crippen LogP contribution in [0.4, 0.5) is 0 Å². The molecule has 0 spiro atoms. The minimum Gasteiger partial charge on any atom is -0.374 e. The Hall–Kier alpha value is -0.0800. The minimum absolute atomic E-state index is 0.0812. The van der Waals surface area contributed by atoms with E-state index in [2.05, 4.69) is 39.9 Å². The largest absolute Gasteiger partial charge is 0.374 e. The fraction of sp³-hybridized carbons (Fsp3) is 1.00. The zero-order chi connectivity index (χ0) is 13.6. The number of nitrogens with one attached hydrogen (secondary N) is 1. The lowest BCUT2D eigenvalue weighted by molar-refractivity contribution is -0.111. The van der Waals surface area contributed by atoms with Gasteiger partial charge in [0.1, 0.15) is 0 Å². The van der Waals surface area contributed by atoms with Crippen molar-refractivity contribution in [2.75, 3.05) is 13.2 Å². The molecule has 0 aliphatic heterocycles. The molecule has 108 valence electrons. The van der Waals surface area contributed by atoms with Crippen LogP contribution < -0.4 is 5.32 Å². The van der Waals surface area contributed by atoms with E-state index in [-0.39, 0.29) is 5.60 Å². The maximum absolute atomic E-state index is 6.32. The van der Waals surface area contributed by atoms with Gasteiger partial charge in [-0.1, -0.05) is 47.0 Å². The summed E-state index contributed by atoms with van der Waals surface area (Å²) in [7, 11) is 0. The van der Waals surface area contributed by atoms with Crippen LogP contribution in [0.15, 0.2) is 0 Å². The molecule has 1 aliphatic carbocycles. The van der Waals surface area contributed by atoms with Crippen molar-refractivity contribution in [3.63, 3.8) is 0 Å². The molecule has 1 saturated carbocycles. The molecule has 18 heavy (non-hydrogen) atoms. The Labute approximate surface area is 114 Å². The molecule has 1 N–H and O–H groups in total. The highest BCUT2D eigenvalue weighted by Crippen LogP contribution is 2.40. The van der Waals surface area contributed by atoms with Crippen LogP contribution in [-0.4, -0.2) is 24.8 Å². The van der Waals surface area contributed by atoms with Gasteiger partial charge in [0.05, 0.1) is 5.60 Å². The Balaban J connectivity index is 2.90. The van der Waals surface area contributed by atoms with Crippen molar-refractivity contribution in [2.45, 2.75) is 78.4 Å². The second kappa shape index (κ2) is 7.49. The number of hydrogen-bond donors (Lipinski definition) is 1. The van der Waals surface area contributed by atoms with E-state index in [1.54, 1.807) is 0 Å². The van der Waals surface area contributed by atoms with Crippen LogP contribution in [-0.2, 0) is 4.74 Å². The zero-order valence-electron chi connectivity index (χ0n) is 13.1. The first-order valence-corrected chi connectivity index (χ1v) is 7.96. The number of ether oxygens (including phenoxy) is 1. The monoisotopic (exact) mass is 255 g/mol. The van der Waals surface area contributed by atoms with Crippen molar-refractivity contribution in [1.29, 1.82) is 0 Å². The molecule has 0 aromatic rings. The van der Waals surface area contributed by atoms with E-state index in [9.17, 15) is 0 Å². The summed E-state index contributed by atoms with van der Waals surface area (Å²) in [5.41, 5.74) is 0.0812. The summed E-state index contributed by atoms with van der Waals surface area (Å²) in [5.74, 6) is 1.48. The van der Waals surface area contributed by atoms with Crippen LogP contribution in [0, 0.1) is 11.8 Å². The molecule has 0 amide bonds. The normalized spacial score (nSPS) is 32.2. The SMILES string of the molecule is CCNC(C(C)CC)C1(OCC)CCCC(C)C1. The van der Waals surface area contributed by atoms with Gasteiger partial charge in [-0.15, -0.1) is 0 Å². The highest BCUT2D eigenvalue weighted by molar-refractivity contribution is 4.99. The number of likely N-dealkylation sites (N-methyl/N-ethyl adjacent to an activating group) is 1. The molecule has 2 heteroatoms. The first kappa shape index (κ1) is 16.0. The topological polar surface area (TPSA) is 21.3 Å². The van der Waals surface area contributed by atoms with E-state index in [0.717, 1.165) is 19.1 Å². The molecule has 4 unspecified atom stereocenters. The maximum Gasteiger partial charge on any atom is 0.0839 e. The molecule has 0 aromatic heterocycles. The van der Waals surface area contributed by atoms with Crippen molar-refractivity contribution in [3.05, 3.63) is 0 Å². The van der Waals surface area contributed by atoms with Crippen LogP contribution in [0.25, 0.3) is 0 Å². The fourth-order valence-corrected chi connectivity index (χ4v) is 3.70. The van der Waals surface area contributed by atoms with E-state index in [1.165, 1.54) is 32.1 Å². The van der Waals surface area contributed by atoms with Crippen LogP contribution >= 0.6 is 0 Å². The van der Waals surface area contributed by atoms with Gasteiger partial charge >= 0.3 is 0 Å². The number of rotatable bonds is 7. The Morgan fingerprint density at radius 2 is 2.06 bits per heavy atom. The van der Waals surface area contributed by atoms with Crippen molar-refractivity contribution in [1.82, 2.24) is 5.32 Å². The summed E-state index contributed by atoms with van der Waals surface area (Å²) < 4.78 is 6.32. The van der Waals surface area contributed by atoms with Gasteiger partial charge in [-0.2, -0.15) is 0 Å². The van der Waals surface area contributed by atoms with E-state index < -0.39 is 0 Å². The Morgan fingerprint density at radius 1 is 1.33 bits per heavy atom. The van der Waals surface area contributed by atoms with Gasteiger partial charge in [0, 0.05) is 12.6 Å². The summed E-state index contributed by atoms with van der Waals surface area (Å²) in [4.78, 5) is 0. The molecule has 0 aromatic carbocycles. The van der Waals surface area contributed by atoms with Crippen molar-refractivity contribution >= 4 is 0 Å². The van der Waals surface area contributed by atoms with Gasteiger partial charge in [-0.25, -0.2) is 0 Å². The van der Waals surface area contributed by atoms with E-state index >= 15 is 0 Å². The minimum atomic E-state index is 0.0812. The van der Waals surface area contributed by atoms with Gasteiger partial charge in [-0.3, -0.25) is 0 Å². The fourth-order valence-electron chi connectivity index (χ4n) is 3.70. The first-order valence-electron chi connectivity index (χ1n) is 7.96. The van der Waals surface area contributed by atoms with Crippen molar-refractivity contribution in [3.8, 4) is 0 Å². The molecule has 0 bridgehead atoms. The quantitative estimate of drug-likeness (QED) is 0.742. The summed E-state index contributed by atoms with van der Waals surface area (Å²) in [6, 6.07) is 0.509. The van der Waals surface area contributed by atoms with Crippen molar-refractivity contribution < 1.29 is 4.74 Å².